The van der Waals surface area contributed by atoms with Crippen LogP contribution < -0.4 is 5.69 Å². The van der Waals surface area contributed by atoms with Crippen LogP contribution in [0.15, 0.2) is 34.3 Å². The molecule has 0 fully saturated rings. The van der Waals surface area contributed by atoms with Crippen molar-refractivity contribution in [3.63, 3.8) is 0 Å². The molecule has 0 N–H and O–H groups in total. The molecular weight excluding hydrogens is 334 g/mol. The number of aromatic nitrogens is 4. The maximum atomic E-state index is 14.0. The second-order valence-electron chi connectivity index (χ2n) is 4.18. The summed E-state index contributed by atoms with van der Waals surface area (Å²) in [6.07, 6.45) is 2.89. The summed E-state index contributed by atoms with van der Waals surface area (Å²) in [6.45, 7) is 0. The molecule has 0 spiro atoms. The van der Waals surface area contributed by atoms with E-state index in [9.17, 15) is 13.6 Å². The van der Waals surface area contributed by atoms with Crippen LogP contribution in [-0.4, -0.2) is 25.8 Å². The summed E-state index contributed by atoms with van der Waals surface area (Å²) in [5.74, 6) is -1.81. The minimum Gasteiger partial charge on any atom is -0.245 e. The van der Waals surface area contributed by atoms with E-state index in [2.05, 4.69) is 15.0 Å². The maximum Gasteiger partial charge on any atom is 0.354 e. The Bertz CT molecular complexity index is 927. The molecule has 0 aliphatic rings. The van der Waals surface area contributed by atoms with E-state index in [0.717, 1.165) is 16.7 Å². The van der Waals surface area contributed by atoms with Crippen molar-refractivity contribution in [1.29, 1.82) is 0 Å². The molecule has 0 saturated carbocycles. The van der Waals surface area contributed by atoms with Crippen molar-refractivity contribution in [3.05, 3.63) is 51.7 Å². The van der Waals surface area contributed by atoms with Crippen LogP contribution in [0.1, 0.15) is 0 Å². The highest BCUT2D eigenvalue weighted by molar-refractivity contribution is 7.98. The number of hydrogen-bond acceptors (Lipinski definition) is 5. The Hall–Kier alpha value is -2.06. The Labute approximate surface area is 132 Å². The van der Waals surface area contributed by atoms with Gasteiger partial charge in [0, 0.05) is 6.20 Å². The second kappa shape index (κ2) is 5.62. The molecule has 1 aromatic carbocycles. The average Bonchev–Trinajstić information content (AvgIpc) is 2.48. The molecule has 112 valence electrons. The number of hydrogen-bond donors (Lipinski definition) is 0. The van der Waals surface area contributed by atoms with E-state index in [4.69, 9.17) is 11.6 Å². The number of halogens is 3. The van der Waals surface area contributed by atoms with Crippen molar-refractivity contribution in [2.45, 2.75) is 5.16 Å². The topological polar surface area (TPSA) is 60.7 Å². The lowest BCUT2D eigenvalue weighted by Gasteiger charge is -2.11. The normalized spacial score (nSPS) is 11.1. The molecule has 22 heavy (non-hydrogen) atoms. The first kappa shape index (κ1) is 14.9. The van der Waals surface area contributed by atoms with Crippen molar-refractivity contribution >= 4 is 34.4 Å². The van der Waals surface area contributed by atoms with Gasteiger partial charge in [0.05, 0.1) is 5.39 Å². The van der Waals surface area contributed by atoms with Crippen molar-refractivity contribution in [2.24, 2.45) is 0 Å². The summed E-state index contributed by atoms with van der Waals surface area (Å²) in [5.41, 5.74) is -1.42. The maximum absolute atomic E-state index is 14.0. The van der Waals surface area contributed by atoms with E-state index < -0.39 is 23.0 Å². The van der Waals surface area contributed by atoms with Crippen LogP contribution in [0.25, 0.3) is 16.7 Å². The fourth-order valence-corrected chi connectivity index (χ4v) is 2.58. The van der Waals surface area contributed by atoms with E-state index in [1.54, 1.807) is 6.26 Å². The highest BCUT2D eigenvalue weighted by Crippen LogP contribution is 2.25. The zero-order chi connectivity index (χ0) is 15.9. The van der Waals surface area contributed by atoms with Crippen LogP contribution in [-0.2, 0) is 0 Å². The number of rotatable bonds is 2. The number of benzene rings is 1. The summed E-state index contributed by atoms with van der Waals surface area (Å²) >= 11 is 7.21. The summed E-state index contributed by atoms with van der Waals surface area (Å²) in [6, 6.07) is 3.29. The third-order valence-corrected chi connectivity index (χ3v) is 3.75. The molecular formula is C13H7ClF2N4OS. The van der Waals surface area contributed by atoms with Crippen LogP contribution in [0, 0.1) is 11.6 Å². The van der Waals surface area contributed by atoms with Crippen LogP contribution in [0.5, 0.6) is 0 Å². The van der Waals surface area contributed by atoms with Crippen LogP contribution >= 0.6 is 23.4 Å². The molecule has 0 aliphatic carbocycles. The summed E-state index contributed by atoms with van der Waals surface area (Å²) in [7, 11) is 0. The van der Waals surface area contributed by atoms with Gasteiger partial charge < -0.3 is 0 Å². The molecule has 0 aliphatic heterocycles. The van der Waals surface area contributed by atoms with Gasteiger partial charge >= 0.3 is 5.69 Å². The zero-order valence-corrected chi connectivity index (χ0v) is 12.6. The molecule has 9 heteroatoms. The molecule has 0 unspecified atom stereocenters. The molecule has 0 amide bonds. The molecule has 2 heterocycles. The number of thioether (sulfide) groups is 1. The fourth-order valence-electron chi connectivity index (χ4n) is 1.96. The molecule has 0 saturated heterocycles. The Morgan fingerprint density at radius 2 is 1.91 bits per heavy atom. The monoisotopic (exact) mass is 340 g/mol. The van der Waals surface area contributed by atoms with Crippen molar-refractivity contribution in [3.8, 4) is 5.69 Å². The van der Waals surface area contributed by atoms with Gasteiger partial charge in [0.1, 0.15) is 22.5 Å². The number of nitrogens with zero attached hydrogens (tertiary/aromatic N) is 4. The lowest BCUT2D eigenvalue weighted by Crippen LogP contribution is -2.24. The van der Waals surface area contributed by atoms with Gasteiger partial charge in [0.15, 0.2) is 10.8 Å². The van der Waals surface area contributed by atoms with Gasteiger partial charge in [-0.15, -0.1) is 0 Å². The highest BCUT2D eigenvalue weighted by atomic mass is 35.5. The minimum absolute atomic E-state index is 0.00616. The molecule has 0 radical (unpaired) electrons. The Morgan fingerprint density at radius 3 is 2.55 bits per heavy atom. The van der Waals surface area contributed by atoms with E-state index in [-0.39, 0.29) is 21.3 Å². The lowest BCUT2D eigenvalue weighted by molar-refractivity contribution is 0.566. The standard InChI is InChI=1S/C13H7ClF2N4OS/c1-22-12-18-10(14)6-5-17-13(21)20(11(6)19-12)9-7(15)3-2-4-8(9)16/h2-5H,1H3. The van der Waals surface area contributed by atoms with E-state index >= 15 is 0 Å². The van der Waals surface area contributed by atoms with Crippen molar-refractivity contribution in [2.75, 3.05) is 6.26 Å². The first-order valence-electron chi connectivity index (χ1n) is 5.96. The van der Waals surface area contributed by atoms with Gasteiger partial charge in [0.2, 0.25) is 0 Å². The fraction of sp³-hybridized carbons (Fsp3) is 0.0769. The van der Waals surface area contributed by atoms with E-state index in [1.807, 2.05) is 0 Å². The van der Waals surface area contributed by atoms with Gasteiger partial charge in [-0.3, -0.25) is 0 Å². The van der Waals surface area contributed by atoms with Crippen LogP contribution in [0.4, 0.5) is 8.78 Å². The Morgan fingerprint density at radius 1 is 1.23 bits per heavy atom. The average molecular weight is 341 g/mol. The predicted octanol–water partition coefficient (Wildman–Crippen LogP) is 2.83. The first-order valence-corrected chi connectivity index (χ1v) is 7.57. The first-order chi connectivity index (χ1) is 10.5. The molecule has 3 rings (SSSR count). The number of para-hydroxylation sites is 1. The van der Waals surface area contributed by atoms with Crippen LogP contribution in [0.3, 0.4) is 0 Å². The minimum atomic E-state index is -0.906. The quantitative estimate of drug-likeness (QED) is 0.408. The van der Waals surface area contributed by atoms with E-state index in [1.165, 1.54) is 24.0 Å². The van der Waals surface area contributed by atoms with E-state index in [0.29, 0.717) is 0 Å². The predicted molar refractivity (Wildman–Crippen MR) is 79.6 cm³/mol. The summed E-state index contributed by atoms with van der Waals surface area (Å²) in [5, 5.41) is 0.544. The third-order valence-electron chi connectivity index (χ3n) is 2.91. The largest absolute Gasteiger partial charge is 0.354 e. The van der Waals surface area contributed by atoms with Crippen molar-refractivity contribution < 1.29 is 8.78 Å². The lowest BCUT2D eigenvalue weighted by atomic mass is 10.2. The van der Waals surface area contributed by atoms with Crippen molar-refractivity contribution in [1.82, 2.24) is 19.5 Å². The smallest absolute Gasteiger partial charge is 0.245 e. The Balaban J connectivity index is 2.50. The number of fused-ring (bicyclic) bond motifs is 1. The zero-order valence-electron chi connectivity index (χ0n) is 11.0. The summed E-state index contributed by atoms with van der Waals surface area (Å²) in [4.78, 5) is 23.8. The highest BCUT2D eigenvalue weighted by Gasteiger charge is 2.18. The van der Waals surface area contributed by atoms with Gasteiger partial charge in [-0.25, -0.2) is 33.1 Å². The van der Waals surface area contributed by atoms with Gasteiger partial charge in [-0.2, -0.15) is 0 Å². The molecule has 0 atom stereocenters. The summed E-state index contributed by atoms with van der Waals surface area (Å²) < 4.78 is 28.8. The van der Waals surface area contributed by atoms with Gasteiger partial charge in [0.25, 0.3) is 0 Å². The molecule has 2 aromatic heterocycles. The van der Waals surface area contributed by atoms with Gasteiger partial charge in [-0.1, -0.05) is 29.4 Å². The molecule has 3 aromatic rings. The SMILES string of the molecule is CSc1nc(Cl)c2cnc(=O)n(-c3c(F)cccc3F)c2n1. The van der Waals surface area contributed by atoms with Crippen LogP contribution in [0.2, 0.25) is 5.15 Å². The third kappa shape index (κ3) is 2.34. The van der Waals surface area contributed by atoms with Gasteiger partial charge in [-0.05, 0) is 18.4 Å². The molecule has 5 nitrogen and oxygen atoms in total. The second-order valence-corrected chi connectivity index (χ2v) is 5.32. The Kier molecular flexibility index (Phi) is 3.79. The molecule has 0 bridgehead atoms.